The maximum absolute atomic E-state index is 6.30. The second-order valence-electron chi connectivity index (χ2n) is 4.48. The summed E-state index contributed by atoms with van der Waals surface area (Å²) in [5, 5.41) is 5.76. The number of aryl methyl sites for hydroxylation is 1. The Kier molecular flexibility index (Phi) is 3.58. The van der Waals surface area contributed by atoms with Crippen molar-refractivity contribution in [2.24, 2.45) is 5.73 Å². The lowest BCUT2D eigenvalue weighted by Gasteiger charge is -2.11. The van der Waals surface area contributed by atoms with Gasteiger partial charge in [-0.3, -0.25) is 4.68 Å². The highest BCUT2D eigenvalue weighted by Gasteiger charge is 2.21. The molecule has 0 radical (unpaired) electrons. The molecule has 0 aliphatic carbocycles. The van der Waals surface area contributed by atoms with Crippen LogP contribution < -0.4 is 5.73 Å². The molecular weight excluding hydrogens is 342 g/mol. The molecule has 1 unspecified atom stereocenters. The van der Waals surface area contributed by atoms with Gasteiger partial charge < -0.3 is 10.2 Å². The zero-order valence-corrected chi connectivity index (χ0v) is 13.1. The molecule has 20 heavy (non-hydrogen) atoms. The zero-order chi connectivity index (χ0) is 14.3. The summed E-state index contributed by atoms with van der Waals surface area (Å²) in [6.07, 6.45) is 1.61. The van der Waals surface area contributed by atoms with E-state index in [0.29, 0.717) is 17.3 Å². The molecule has 3 aromatic rings. The van der Waals surface area contributed by atoms with Crippen LogP contribution in [0.15, 0.2) is 39.4 Å². The molecule has 0 spiro atoms. The minimum Gasteiger partial charge on any atom is -0.458 e. The lowest BCUT2D eigenvalue weighted by Crippen LogP contribution is -2.17. The molecule has 0 amide bonds. The largest absolute Gasteiger partial charge is 0.458 e. The Morgan fingerprint density at radius 2 is 2.30 bits per heavy atom. The van der Waals surface area contributed by atoms with Crippen molar-refractivity contribution in [3.05, 3.63) is 51.4 Å². The maximum Gasteiger partial charge on any atom is 0.148 e. The van der Waals surface area contributed by atoms with E-state index in [-0.39, 0.29) is 0 Å². The molecule has 0 aliphatic heterocycles. The highest BCUT2D eigenvalue weighted by atomic mass is 79.9. The number of rotatable bonds is 3. The predicted octanol–water partition coefficient (Wildman–Crippen LogP) is 4.11. The maximum atomic E-state index is 6.30. The van der Waals surface area contributed by atoms with Crippen LogP contribution in [0.1, 0.15) is 24.4 Å². The second kappa shape index (κ2) is 5.24. The van der Waals surface area contributed by atoms with Gasteiger partial charge in [-0.15, -0.1) is 0 Å². The summed E-state index contributed by atoms with van der Waals surface area (Å²) in [6.45, 7) is 2.70. The van der Waals surface area contributed by atoms with Gasteiger partial charge in [-0.2, -0.15) is 5.10 Å². The van der Waals surface area contributed by atoms with Gasteiger partial charge in [-0.05, 0) is 35.0 Å². The molecule has 2 aromatic heterocycles. The summed E-state index contributed by atoms with van der Waals surface area (Å²) in [6, 6.07) is 7.38. The van der Waals surface area contributed by atoms with E-state index in [1.54, 1.807) is 10.9 Å². The summed E-state index contributed by atoms with van der Waals surface area (Å²) in [5.41, 5.74) is 7.85. The number of aromatic nitrogens is 2. The lowest BCUT2D eigenvalue weighted by atomic mass is 10.1. The van der Waals surface area contributed by atoms with Crippen molar-refractivity contribution in [1.29, 1.82) is 0 Å². The summed E-state index contributed by atoms with van der Waals surface area (Å²) in [4.78, 5) is 0. The minimum atomic E-state index is -0.441. The molecule has 0 saturated carbocycles. The highest BCUT2D eigenvalue weighted by Crippen LogP contribution is 2.33. The smallest absolute Gasteiger partial charge is 0.148 e. The Hall–Kier alpha value is -1.30. The van der Waals surface area contributed by atoms with Crippen LogP contribution in [0.3, 0.4) is 0 Å². The first-order chi connectivity index (χ1) is 9.61. The third-order valence-corrected chi connectivity index (χ3v) is 4.16. The average Bonchev–Trinajstić information content (AvgIpc) is 3.02. The van der Waals surface area contributed by atoms with Crippen molar-refractivity contribution in [1.82, 2.24) is 9.78 Å². The van der Waals surface area contributed by atoms with Crippen LogP contribution in [0, 0.1) is 0 Å². The second-order valence-corrected chi connectivity index (χ2v) is 5.74. The number of nitrogens with two attached hydrogens (primary N) is 1. The van der Waals surface area contributed by atoms with Crippen LogP contribution in [0.5, 0.6) is 0 Å². The van der Waals surface area contributed by atoms with E-state index in [1.165, 1.54) is 0 Å². The summed E-state index contributed by atoms with van der Waals surface area (Å²) in [7, 11) is 0. The lowest BCUT2D eigenvalue weighted by molar-refractivity contribution is 0.499. The van der Waals surface area contributed by atoms with Crippen molar-refractivity contribution < 1.29 is 4.42 Å². The van der Waals surface area contributed by atoms with Crippen molar-refractivity contribution in [3.8, 4) is 0 Å². The summed E-state index contributed by atoms with van der Waals surface area (Å²) in [5.74, 6) is 0.670. The third-order valence-electron chi connectivity index (χ3n) is 3.25. The molecule has 0 fully saturated rings. The number of halogens is 2. The molecular formula is C14H13BrClN3O. The van der Waals surface area contributed by atoms with Crippen LogP contribution in [0.2, 0.25) is 5.02 Å². The topological polar surface area (TPSA) is 57.0 Å². The van der Waals surface area contributed by atoms with E-state index in [4.69, 9.17) is 21.8 Å². The molecule has 1 aromatic carbocycles. The Balaban J connectivity index is 2.10. The minimum absolute atomic E-state index is 0.441. The SMILES string of the molecule is CCn1ncc(Cl)c1C(N)c1cc2cccc(Br)c2o1. The van der Waals surface area contributed by atoms with Crippen LogP contribution in [0.4, 0.5) is 0 Å². The van der Waals surface area contributed by atoms with E-state index >= 15 is 0 Å². The number of nitrogens with zero attached hydrogens (tertiary/aromatic N) is 2. The van der Waals surface area contributed by atoms with Crippen molar-refractivity contribution in [2.75, 3.05) is 0 Å². The summed E-state index contributed by atoms with van der Waals surface area (Å²) >= 11 is 9.66. The van der Waals surface area contributed by atoms with Crippen LogP contribution >= 0.6 is 27.5 Å². The molecule has 3 rings (SSSR count). The average molecular weight is 355 g/mol. The van der Waals surface area contributed by atoms with Crippen LogP contribution in [-0.2, 0) is 6.54 Å². The third kappa shape index (κ3) is 2.16. The first-order valence-corrected chi connectivity index (χ1v) is 7.43. The van der Waals surface area contributed by atoms with E-state index < -0.39 is 6.04 Å². The molecule has 0 bridgehead atoms. The Morgan fingerprint density at radius 3 is 3.00 bits per heavy atom. The van der Waals surface area contributed by atoms with E-state index in [2.05, 4.69) is 21.0 Å². The predicted molar refractivity (Wildman–Crippen MR) is 82.9 cm³/mol. The van der Waals surface area contributed by atoms with Gasteiger partial charge in [0.15, 0.2) is 0 Å². The molecule has 2 N–H and O–H groups in total. The van der Waals surface area contributed by atoms with E-state index in [9.17, 15) is 0 Å². The van der Waals surface area contributed by atoms with Crippen LogP contribution in [0.25, 0.3) is 11.0 Å². The fourth-order valence-corrected chi connectivity index (χ4v) is 2.99. The molecule has 0 saturated heterocycles. The van der Waals surface area contributed by atoms with Gasteiger partial charge >= 0.3 is 0 Å². The first-order valence-electron chi connectivity index (χ1n) is 6.26. The van der Waals surface area contributed by atoms with Gasteiger partial charge in [0.05, 0.1) is 21.4 Å². The monoisotopic (exact) mass is 353 g/mol. The van der Waals surface area contributed by atoms with Gasteiger partial charge in [0.2, 0.25) is 0 Å². The molecule has 6 heteroatoms. The fourth-order valence-electron chi connectivity index (χ4n) is 2.27. The zero-order valence-electron chi connectivity index (χ0n) is 10.8. The van der Waals surface area contributed by atoms with Gasteiger partial charge in [0, 0.05) is 11.9 Å². The molecule has 4 nitrogen and oxygen atoms in total. The van der Waals surface area contributed by atoms with Gasteiger partial charge in [0.1, 0.15) is 17.4 Å². The van der Waals surface area contributed by atoms with Crippen molar-refractivity contribution in [3.63, 3.8) is 0 Å². The quantitative estimate of drug-likeness (QED) is 0.770. The molecule has 1 atom stereocenters. The number of para-hydroxylation sites is 1. The van der Waals surface area contributed by atoms with E-state index in [1.807, 2.05) is 31.2 Å². The number of furan rings is 1. The summed E-state index contributed by atoms with van der Waals surface area (Å²) < 4.78 is 8.56. The molecule has 0 aliphatic rings. The van der Waals surface area contributed by atoms with E-state index in [0.717, 1.165) is 21.1 Å². The Labute approximate surface area is 129 Å². The van der Waals surface area contributed by atoms with Crippen molar-refractivity contribution in [2.45, 2.75) is 19.5 Å². The van der Waals surface area contributed by atoms with Crippen molar-refractivity contribution >= 4 is 38.5 Å². The number of fused-ring (bicyclic) bond motifs is 1. The fraction of sp³-hybridized carbons (Fsp3) is 0.214. The van der Waals surface area contributed by atoms with Gasteiger partial charge in [-0.25, -0.2) is 0 Å². The Bertz CT molecular complexity index is 765. The van der Waals surface area contributed by atoms with Gasteiger partial charge in [-0.1, -0.05) is 23.7 Å². The standard InChI is InChI=1S/C14H13BrClN3O/c1-2-19-13(10(16)7-18-19)12(17)11-6-8-4-3-5-9(15)14(8)20-11/h3-7,12H,2,17H2,1H3. The highest BCUT2D eigenvalue weighted by molar-refractivity contribution is 9.10. The molecule has 104 valence electrons. The van der Waals surface area contributed by atoms with Crippen LogP contribution in [-0.4, -0.2) is 9.78 Å². The number of hydrogen-bond acceptors (Lipinski definition) is 3. The molecule has 2 heterocycles. The first kappa shape index (κ1) is 13.7. The number of hydrogen-bond donors (Lipinski definition) is 1. The van der Waals surface area contributed by atoms with Gasteiger partial charge in [0.25, 0.3) is 0 Å². The normalized spacial score (nSPS) is 13.0. The number of benzene rings is 1. The Morgan fingerprint density at radius 1 is 1.50 bits per heavy atom.